The number of nitrogens with two attached hydrogens (primary N) is 1. The Morgan fingerprint density at radius 1 is 1.24 bits per heavy atom. The van der Waals surface area contributed by atoms with Crippen LogP contribution in [0.4, 0.5) is 5.82 Å². The topological polar surface area (TPSA) is 54.7 Å². The molecule has 1 aromatic carbocycles. The summed E-state index contributed by atoms with van der Waals surface area (Å²) in [4.78, 5) is 0. The molecular formula is C12H13Br2N3. The van der Waals surface area contributed by atoms with Crippen LogP contribution in [0.15, 0.2) is 27.1 Å². The van der Waals surface area contributed by atoms with Crippen molar-refractivity contribution in [1.82, 2.24) is 10.2 Å². The van der Waals surface area contributed by atoms with E-state index in [1.165, 1.54) is 0 Å². The molecule has 0 aliphatic rings. The predicted octanol–water partition coefficient (Wildman–Crippen LogP) is 4.14. The van der Waals surface area contributed by atoms with Crippen LogP contribution in [0.25, 0.3) is 11.3 Å². The van der Waals surface area contributed by atoms with Gasteiger partial charge >= 0.3 is 0 Å². The summed E-state index contributed by atoms with van der Waals surface area (Å²) >= 11 is 6.97. The number of halogens is 2. The molecule has 0 atom stereocenters. The van der Waals surface area contributed by atoms with Crippen molar-refractivity contribution in [2.45, 2.75) is 19.8 Å². The van der Waals surface area contributed by atoms with E-state index in [9.17, 15) is 0 Å². The van der Waals surface area contributed by atoms with Gasteiger partial charge in [-0.15, -0.1) is 0 Å². The van der Waals surface area contributed by atoms with Crippen molar-refractivity contribution >= 4 is 37.7 Å². The number of aromatic nitrogens is 2. The van der Waals surface area contributed by atoms with Crippen LogP contribution in [-0.4, -0.2) is 10.2 Å². The van der Waals surface area contributed by atoms with Crippen LogP contribution in [-0.2, 0) is 6.42 Å². The third-order valence-corrected chi connectivity index (χ3v) is 3.47. The molecular weight excluding hydrogens is 346 g/mol. The fourth-order valence-electron chi connectivity index (χ4n) is 1.82. The minimum Gasteiger partial charge on any atom is -0.382 e. The van der Waals surface area contributed by atoms with Crippen LogP contribution in [0.5, 0.6) is 0 Å². The number of nitrogens with one attached hydrogen (secondary N) is 1. The van der Waals surface area contributed by atoms with Gasteiger partial charge in [0.05, 0.1) is 5.69 Å². The first-order chi connectivity index (χ1) is 8.11. The maximum absolute atomic E-state index is 5.88. The van der Waals surface area contributed by atoms with E-state index in [4.69, 9.17) is 5.73 Å². The van der Waals surface area contributed by atoms with Crippen LogP contribution in [0.3, 0.4) is 0 Å². The van der Waals surface area contributed by atoms with E-state index in [0.29, 0.717) is 5.82 Å². The van der Waals surface area contributed by atoms with Gasteiger partial charge in [-0.2, -0.15) is 5.10 Å². The Morgan fingerprint density at radius 2 is 1.88 bits per heavy atom. The fraction of sp³-hybridized carbons (Fsp3) is 0.250. The lowest BCUT2D eigenvalue weighted by Gasteiger charge is -2.04. The van der Waals surface area contributed by atoms with E-state index in [2.05, 4.69) is 61.1 Å². The number of hydrogen-bond acceptors (Lipinski definition) is 2. The van der Waals surface area contributed by atoms with E-state index in [0.717, 1.165) is 38.6 Å². The van der Waals surface area contributed by atoms with Crippen molar-refractivity contribution in [1.29, 1.82) is 0 Å². The second-order valence-electron chi connectivity index (χ2n) is 3.87. The number of H-pyrrole nitrogens is 1. The molecule has 0 spiro atoms. The van der Waals surface area contributed by atoms with Crippen molar-refractivity contribution in [3.05, 3.63) is 32.7 Å². The Hall–Kier alpha value is -0.810. The van der Waals surface area contributed by atoms with Gasteiger partial charge in [0.2, 0.25) is 0 Å². The maximum Gasteiger partial charge on any atom is 0.149 e. The first-order valence-corrected chi connectivity index (χ1v) is 6.99. The van der Waals surface area contributed by atoms with Crippen molar-refractivity contribution < 1.29 is 0 Å². The summed E-state index contributed by atoms with van der Waals surface area (Å²) in [5.74, 6) is 0.595. The highest BCUT2D eigenvalue weighted by molar-refractivity contribution is 9.11. The first kappa shape index (κ1) is 12.6. The van der Waals surface area contributed by atoms with E-state index in [-0.39, 0.29) is 0 Å². The number of aromatic amines is 1. The molecule has 3 N–H and O–H groups in total. The lowest BCUT2D eigenvalue weighted by molar-refractivity contribution is 0.927. The number of benzene rings is 1. The third kappa shape index (κ3) is 2.72. The quantitative estimate of drug-likeness (QED) is 0.866. The van der Waals surface area contributed by atoms with Crippen molar-refractivity contribution in [2.24, 2.45) is 0 Å². The molecule has 2 aromatic rings. The summed E-state index contributed by atoms with van der Waals surface area (Å²) in [6, 6.07) is 6.11. The highest BCUT2D eigenvalue weighted by Gasteiger charge is 2.12. The Kier molecular flexibility index (Phi) is 3.89. The summed E-state index contributed by atoms with van der Waals surface area (Å²) in [5.41, 5.74) is 9.06. The zero-order chi connectivity index (χ0) is 12.4. The third-order valence-electron chi connectivity index (χ3n) is 2.55. The summed E-state index contributed by atoms with van der Waals surface area (Å²) < 4.78 is 2.05. The molecule has 0 saturated heterocycles. The lowest BCUT2D eigenvalue weighted by Crippen LogP contribution is -1.92. The van der Waals surface area contributed by atoms with Crippen molar-refractivity contribution in [2.75, 3.05) is 5.73 Å². The summed E-state index contributed by atoms with van der Waals surface area (Å²) in [6.45, 7) is 2.13. The van der Waals surface area contributed by atoms with Crippen LogP contribution >= 0.6 is 31.9 Å². The molecule has 90 valence electrons. The van der Waals surface area contributed by atoms with Gasteiger partial charge in [0.15, 0.2) is 0 Å². The number of nitrogens with zero attached hydrogens (tertiary/aromatic N) is 1. The average molecular weight is 359 g/mol. The van der Waals surface area contributed by atoms with Gasteiger partial charge in [-0.1, -0.05) is 45.2 Å². The number of hydrogen-bond donors (Lipinski definition) is 2. The minimum absolute atomic E-state index is 0.595. The molecule has 0 aliphatic carbocycles. The monoisotopic (exact) mass is 357 g/mol. The molecule has 0 saturated carbocycles. The Balaban J connectivity index is 2.52. The Labute approximate surface area is 117 Å². The largest absolute Gasteiger partial charge is 0.382 e. The van der Waals surface area contributed by atoms with Crippen LogP contribution in [0.2, 0.25) is 0 Å². The van der Waals surface area contributed by atoms with E-state index < -0.39 is 0 Å². The second kappa shape index (κ2) is 5.23. The molecule has 1 aromatic heterocycles. The lowest BCUT2D eigenvalue weighted by atomic mass is 10.0. The van der Waals surface area contributed by atoms with Gasteiger partial charge in [-0.05, 0) is 24.6 Å². The van der Waals surface area contributed by atoms with Gasteiger partial charge in [-0.3, -0.25) is 5.10 Å². The van der Waals surface area contributed by atoms with E-state index in [1.54, 1.807) is 0 Å². The van der Waals surface area contributed by atoms with Gasteiger partial charge in [0, 0.05) is 20.1 Å². The van der Waals surface area contributed by atoms with Crippen LogP contribution in [0.1, 0.15) is 18.9 Å². The Bertz CT molecular complexity index is 514. The number of rotatable bonds is 3. The summed E-state index contributed by atoms with van der Waals surface area (Å²) in [6.07, 6.45) is 1.98. The van der Waals surface area contributed by atoms with Gasteiger partial charge in [0.25, 0.3) is 0 Å². The molecule has 0 radical (unpaired) electrons. The first-order valence-electron chi connectivity index (χ1n) is 5.41. The highest BCUT2D eigenvalue weighted by Crippen LogP contribution is 2.31. The molecule has 0 unspecified atom stereocenters. The molecule has 17 heavy (non-hydrogen) atoms. The van der Waals surface area contributed by atoms with E-state index in [1.807, 2.05) is 6.07 Å². The highest BCUT2D eigenvalue weighted by atomic mass is 79.9. The van der Waals surface area contributed by atoms with Gasteiger partial charge in [-0.25, -0.2) is 0 Å². The van der Waals surface area contributed by atoms with Crippen molar-refractivity contribution in [3.8, 4) is 11.3 Å². The predicted molar refractivity (Wildman–Crippen MR) is 77.8 cm³/mol. The molecule has 1 heterocycles. The molecule has 2 rings (SSSR count). The van der Waals surface area contributed by atoms with E-state index >= 15 is 0 Å². The number of anilines is 1. The fourth-order valence-corrected chi connectivity index (χ4v) is 3.11. The summed E-state index contributed by atoms with van der Waals surface area (Å²) in [5, 5.41) is 7.11. The molecule has 0 amide bonds. The molecule has 0 bridgehead atoms. The molecule has 5 heteroatoms. The van der Waals surface area contributed by atoms with Crippen molar-refractivity contribution in [3.63, 3.8) is 0 Å². The minimum atomic E-state index is 0.595. The molecule has 0 aliphatic heterocycles. The molecule has 0 fully saturated rings. The normalized spacial score (nSPS) is 10.8. The smallest absolute Gasteiger partial charge is 0.149 e. The average Bonchev–Trinajstić information content (AvgIpc) is 2.60. The number of nitrogen functional groups attached to an aromatic ring is 1. The zero-order valence-electron chi connectivity index (χ0n) is 9.43. The Morgan fingerprint density at radius 3 is 2.47 bits per heavy atom. The second-order valence-corrected chi connectivity index (χ2v) is 5.70. The van der Waals surface area contributed by atoms with Crippen LogP contribution < -0.4 is 5.73 Å². The standard InChI is InChI=1S/C12H13Br2N3/c1-2-3-10-11(16-17-12(10)15)7-4-8(13)6-9(14)5-7/h4-6H,2-3H2,1H3,(H3,15,16,17). The van der Waals surface area contributed by atoms with Gasteiger partial charge < -0.3 is 5.73 Å². The summed E-state index contributed by atoms with van der Waals surface area (Å²) in [7, 11) is 0. The van der Waals surface area contributed by atoms with Gasteiger partial charge in [0.1, 0.15) is 5.82 Å². The maximum atomic E-state index is 5.88. The van der Waals surface area contributed by atoms with Crippen LogP contribution in [0, 0.1) is 0 Å². The zero-order valence-corrected chi connectivity index (χ0v) is 12.6. The SMILES string of the molecule is CCCc1c(N)n[nH]c1-c1cc(Br)cc(Br)c1. The molecule has 3 nitrogen and oxygen atoms in total.